The number of methoxy groups -OCH3 is 1. The smallest absolute Gasteiger partial charge is 0.309 e. The predicted octanol–water partition coefficient (Wildman–Crippen LogP) is 2.08. The molecule has 1 aliphatic rings. The number of likely N-dealkylation sites (tertiary alicyclic amines) is 1. The van der Waals surface area contributed by atoms with E-state index in [1.807, 2.05) is 26.0 Å². The molecule has 1 saturated heterocycles. The molecule has 0 radical (unpaired) electrons. The molecule has 0 aliphatic carbocycles. The second kappa shape index (κ2) is 5.53. The van der Waals surface area contributed by atoms with Crippen LogP contribution in [0.25, 0.3) is 0 Å². The lowest BCUT2D eigenvalue weighted by molar-refractivity contribution is -0.142. The Morgan fingerprint density at radius 1 is 1.35 bits per heavy atom. The number of carbonyl (C=O) groups excluding carboxylic acids is 1. The second-order valence-corrected chi connectivity index (χ2v) is 5.26. The fourth-order valence-electron chi connectivity index (χ4n) is 2.78. The Labute approximate surface area is 118 Å². The molecule has 1 aromatic rings. The van der Waals surface area contributed by atoms with Crippen molar-refractivity contribution in [1.29, 1.82) is 0 Å². The Balaban J connectivity index is 2.40. The number of ether oxygens (including phenoxy) is 1. The molecule has 0 bridgehead atoms. The maximum atomic E-state index is 12.1. The first kappa shape index (κ1) is 14.4. The van der Waals surface area contributed by atoms with Crippen LogP contribution in [0.1, 0.15) is 31.9 Å². The lowest BCUT2D eigenvalue weighted by atomic mass is 9.93. The third kappa shape index (κ3) is 2.48. The van der Waals surface area contributed by atoms with Crippen molar-refractivity contribution in [2.45, 2.75) is 32.4 Å². The van der Waals surface area contributed by atoms with E-state index in [2.05, 4.69) is 0 Å². The lowest BCUT2D eigenvalue weighted by Gasteiger charge is -2.30. The van der Waals surface area contributed by atoms with Crippen LogP contribution in [0.3, 0.4) is 0 Å². The molecular weight excluding hydrogens is 258 g/mol. The van der Waals surface area contributed by atoms with Crippen LogP contribution in [-0.2, 0) is 9.59 Å². The van der Waals surface area contributed by atoms with Gasteiger partial charge in [-0.3, -0.25) is 9.59 Å². The summed E-state index contributed by atoms with van der Waals surface area (Å²) in [7, 11) is 1.58. The van der Waals surface area contributed by atoms with Crippen LogP contribution in [0.5, 0.6) is 5.75 Å². The van der Waals surface area contributed by atoms with Crippen molar-refractivity contribution in [3.8, 4) is 5.75 Å². The molecule has 1 amide bonds. The molecule has 1 aliphatic heterocycles. The highest BCUT2D eigenvalue weighted by molar-refractivity contribution is 5.87. The first-order valence-electron chi connectivity index (χ1n) is 6.63. The third-order valence-electron chi connectivity index (χ3n) is 3.69. The van der Waals surface area contributed by atoms with Gasteiger partial charge in [-0.25, -0.2) is 0 Å². The topological polar surface area (TPSA) is 66.8 Å². The average Bonchev–Trinajstić information content (AvgIpc) is 2.76. The van der Waals surface area contributed by atoms with Crippen molar-refractivity contribution < 1.29 is 19.4 Å². The van der Waals surface area contributed by atoms with Gasteiger partial charge in [0.1, 0.15) is 5.75 Å². The van der Waals surface area contributed by atoms with Gasteiger partial charge in [-0.15, -0.1) is 0 Å². The zero-order valence-electron chi connectivity index (χ0n) is 11.9. The van der Waals surface area contributed by atoms with Gasteiger partial charge in [0, 0.05) is 12.5 Å². The van der Waals surface area contributed by atoms with Crippen molar-refractivity contribution in [2.24, 2.45) is 5.92 Å². The van der Waals surface area contributed by atoms with Crippen LogP contribution in [0.15, 0.2) is 24.3 Å². The van der Waals surface area contributed by atoms with Crippen LogP contribution in [0.4, 0.5) is 0 Å². The van der Waals surface area contributed by atoms with Crippen molar-refractivity contribution >= 4 is 11.9 Å². The number of hydrogen-bond donors (Lipinski definition) is 1. The summed E-state index contributed by atoms with van der Waals surface area (Å²) < 4.78 is 5.10. The van der Waals surface area contributed by atoms with Crippen LogP contribution in [-0.4, -0.2) is 35.0 Å². The molecule has 1 aromatic carbocycles. The molecule has 2 atom stereocenters. The number of benzene rings is 1. The van der Waals surface area contributed by atoms with E-state index < -0.39 is 17.9 Å². The van der Waals surface area contributed by atoms with Crippen molar-refractivity contribution in [3.05, 3.63) is 29.8 Å². The molecule has 5 nitrogen and oxygen atoms in total. The van der Waals surface area contributed by atoms with Gasteiger partial charge in [-0.2, -0.15) is 0 Å². The summed E-state index contributed by atoms with van der Waals surface area (Å²) in [6.45, 7) is 3.80. The molecule has 0 spiro atoms. The third-order valence-corrected chi connectivity index (χ3v) is 3.69. The minimum Gasteiger partial charge on any atom is -0.497 e. The molecule has 108 valence electrons. The quantitative estimate of drug-likeness (QED) is 0.915. The normalized spacial score (nSPS) is 22.4. The summed E-state index contributed by atoms with van der Waals surface area (Å²) in [6, 6.07) is 6.79. The van der Waals surface area contributed by atoms with E-state index >= 15 is 0 Å². The number of aliphatic carboxylic acids is 1. The number of amides is 1. The minimum atomic E-state index is -0.928. The predicted molar refractivity (Wildman–Crippen MR) is 73.5 cm³/mol. The SMILES string of the molecule is COc1ccc([C@@H]2[C@H](C(=O)O)CC(=O)N2C(C)C)cc1. The number of carbonyl (C=O) groups is 2. The summed E-state index contributed by atoms with van der Waals surface area (Å²) in [5.74, 6) is -1.02. The molecular formula is C15H19NO4. The summed E-state index contributed by atoms with van der Waals surface area (Å²) in [6.07, 6.45) is 0.0597. The maximum absolute atomic E-state index is 12.1. The zero-order valence-corrected chi connectivity index (χ0v) is 11.9. The molecule has 0 unspecified atom stereocenters. The van der Waals surface area contributed by atoms with E-state index in [-0.39, 0.29) is 18.4 Å². The largest absolute Gasteiger partial charge is 0.497 e. The number of rotatable bonds is 4. The molecule has 1 N–H and O–H groups in total. The summed E-state index contributed by atoms with van der Waals surface area (Å²) >= 11 is 0. The fraction of sp³-hybridized carbons (Fsp3) is 0.467. The maximum Gasteiger partial charge on any atom is 0.309 e. The number of nitrogens with zero attached hydrogens (tertiary/aromatic N) is 1. The Morgan fingerprint density at radius 2 is 1.95 bits per heavy atom. The summed E-state index contributed by atoms with van der Waals surface area (Å²) in [4.78, 5) is 25.2. The lowest BCUT2D eigenvalue weighted by Crippen LogP contribution is -2.36. The Morgan fingerprint density at radius 3 is 2.40 bits per heavy atom. The van der Waals surface area contributed by atoms with Crippen LogP contribution >= 0.6 is 0 Å². The summed E-state index contributed by atoms with van der Waals surface area (Å²) in [5.41, 5.74) is 0.831. The van der Waals surface area contributed by atoms with Gasteiger partial charge in [0.25, 0.3) is 0 Å². The number of carboxylic acids is 1. The van der Waals surface area contributed by atoms with E-state index in [9.17, 15) is 14.7 Å². The molecule has 5 heteroatoms. The zero-order chi connectivity index (χ0) is 14.9. The van der Waals surface area contributed by atoms with Gasteiger partial charge in [-0.05, 0) is 31.5 Å². The monoisotopic (exact) mass is 277 g/mol. The van der Waals surface area contributed by atoms with Gasteiger partial charge >= 0.3 is 5.97 Å². The second-order valence-electron chi connectivity index (χ2n) is 5.26. The Bertz CT molecular complexity index is 509. The van der Waals surface area contributed by atoms with Gasteiger partial charge in [0.05, 0.1) is 19.1 Å². The molecule has 2 rings (SSSR count). The Hall–Kier alpha value is -2.04. The molecule has 20 heavy (non-hydrogen) atoms. The molecule has 0 saturated carbocycles. The van der Waals surface area contributed by atoms with Crippen molar-refractivity contribution in [1.82, 2.24) is 4.90 Å². The van der Waals surface area contributed by atoms with Gasteiger partial charge in [0.15, 0.2) is 0 Å². The van der Waals surface area contributed by atoms with E-state index in [1.54, 1.807) is 24.1 Å². The van der Waals surface area contributed by atoms with E-state index in [4.69, 9.17) is 4.74 Å². The van der Waals surface area contributed by atoms with Crippen LogP contribution in [0, 0.1) is 5.92 Å². The van der Waals surface area contributed by atoms with E-state index in [0.29, 0.717) is 5.75 Å². The van der Waals surface area contributed by atoms with Crippen molar-refractivity contribution in [2.75, 3.05) is 7.11 Å². The average molecular weight is 277 g/mol. The molecule has 1 fully saturated rings. The van der Waals surface area contributed by atoms with Gasteiger partial charge < -0.3 is 14.7 Å². The van der Waals surface area contributed by atoms with E-state index in [1.165, 1.54) is 0 Å². The molecule has 1 heterocycles. The number of hydrogen-bond acceptors (Lipinski definition) is 3. The van der Waals surface area contributed by atoms with Gasteiger partial charge in [-0.1, -0.05) is 12.1 Å². The highest BCUT2D eigenvalue weighted by Gasteiger charge is 2.45. The fourth-order valence-corrected chi connectivity index (χ4v) is 2.78. The standard InChI is InChI=1S/C15H19NO4/c1-9(2)16-13(17)8-12(15(18)19)14(16)10-4-6-11(20-3)7-5-10/h4-7,9,12,14H,8H2,1-3H3,(H,18,19)/t12-,14-/m1/s1. The van der Waals surface area contributed by atoms with E-state index in [0.717, 1.165) is 5.56 Å². The van der Waals surface area contributed by atoms with Gasteiger partial charge in [0.2, 0.25) is 5.91 Å². The highest BCUT2D eigenvalue weighted by atomic mass is 16.5. The first-order valence-corrected chi connectivity index (χ1v) is 6.63. The first-order chi connectivity index (χ1) is 9.45. The van der Waals surface area contributed by atoms with Crippen LogP contribution in [0.2, 0.25) is 0 Å². The van der Waals surface area contributed by atoms with Crippen LogP contribution < -0.4 is 4.74 Å². The molecule has 0 aromatic heterocycles. The Kier molecular flexibility index (Phi) is 3.97. The number of carboxylic acid groups (broad SMARTS) is 1. The van der Waals surface area contributed by atoms with Crippen molar-refractivity contribution in [3.63, 3.8) is 0 Å². The highest BCUT2D eigenvalue weighted by Crippen LogP contribution is 2.40. The minimum absolute atomic E-state index is 0.0287. The summed E-state index contributed by atoms with van der Waals surface area (Å²) in [5, 5.41) is 9.36.